The summed E-state index contributed by atoms with van der Waals surface area (Å²) in [5, 5.41) is 6.64. The fourth-order valence-electron chi connectivity index (χ4n) is 2.92. The Bertz CT molecular complexity index is 944. The molecular weight excluding hydrogens is 352 g/mol. The van der Waals surface area contributed by atoms with Crippen LogP contribution in [0, 0.1) is 13.8 Å². The lowest BCUT2D eigenvalue weighted by atomic mass is 10.1. The van der Waals surface area contributed by atoms with Crippen LogP contribution < -0.4 is 20.1 Å². The molecule has 0 bridgehead atoms. The first-order valence-electron chi connectivity index (χ1n) is 9.21. The summed E-state index contributed by atoms with van der Waals surface area (Å²) >= 11 is 0. The largest absolute Gasteiger partial charge is 0.497 e. The van der Waals surface area contributed by atoms with E-state index in [9.17, 15) is 0 Å². The zero-order valence-electron chi connectivity index (χ0n) is 16.7. The number of benzene rings is 2. The molecule has 0 atom stereocenters. The number of nitrogens with one attached hydrogen (secondary N) is 2. The van der Waals surface area contributed by atoms with Crippen LogP contribution in [0.5, 0.6) is 11.5 Å². The number of aromatic nitrogens is 2. The van der Waals surface area contributed by atoms with E-state index in [2.05, 4.69) is 26.7 Å². The molecule has 1 aromatic heterocycles. The van der Waals surface area contributed by atoms with E-state index < -0.39 is 0 Å². The van der Waals surface area contributed by atoms with E-state index in [1.807, 2.05) is 56.3 Å². The van der Waals surface area contributed by atoms with E-state index in [1.165, 1.54) is 5.56 Å². The minimum absolute atomic E-state index is 0.535. The van der Waals surface area contributed by atoms with Gasteiger partial charge in [0.2, 0.25) is 5.95 Å². The molecule has 28 heavy (non-hydrogen) atoms. The Morgan fingerprint density at radius 3 is 2.57 bits per heavy atom. The normalized spacial score (nSPS) is 10.4. The quantitative estimate of drug-likeness (QED) is 0.601. The highest BCUT2D eigenvalue weighted by atomic mass is 16.5. The van der Waals surface area contributed by atoms with Crippen molar-refractivity contribution < 1.29 is 9.47 Å². The fraction of sp³-hybridized carbons (Fsp3) is 0.273. The van der Waals surface area contributed by atoms with Gasteiger partial charge in [-0.2, -0.15) is 4.98 Å². The van der Waals surface area contributed by atoms with Crippen molar-refractivity contribution in [2.24, 2.45) is 0 Å². The Morgan fingerprint density at radius 2 is 1.79 bits per heavy atom. The molecule has 2 aromatic carbocycles. The summed E-state index contributed by atoms with van der Waals surface area (Å²) in [6.07, 6.45) is 0.870. The van der Waals surface area contributed by atoms with Crippen LogP contribution in [0.4, 0.5) is 17.5 Å². The summed E-state index contributed by atoms with van der Waals surface area (Å²) < 4.78 is 10.7. The second-order valence-corrected chi connectivity index (χ2v) is 6.58. The van der Waals surface area contributed by atoms with E-state index in [0.29, 0.717) is 5.95 Å². The van der Waals surface area contributed by atoms with Crippen molar-refractivity contribution in [2.45, 2.75) is 20.3 Å². The predicted octanol–water partition coefficient (Wildman–Crippen LogP) is 4.51. The van der Waals surface area contributed by atoms with Crippen LogP contribution in [0.1, 0.15) is 16.8 Å². The smallest absolute Gasteiger partial charge is 0.229 e. The number of hydrogen-bond acceptors (Lipinski definition) is 6. The average Bonchev–Trinajstić information content (AvgIpc) is 2.68. The molecule has 0 radical (unpaired) electrons. The first-order chi connectivity index (χ1) is 13.6. The standard InChI is InChI=1S/C22H26N4O2/c1-15-8-9-20(28-4)19(12-15)25-22-24-16(2)13-21(26-22)23-11-10-17-6-5-7-18(14-17)27-3/h5-9,12-14H,10-11H2,1-4H3,(H2,23,24,25,26). The van der Waals surface area contributed by atoms with E-state index in [-0.39, 0.29) is 0 Å². The number of anilines is 3. The Morgan fingerprint density at radius 1 is 0.929 bits per heavy atom. The first kappa shape index (κ1) is 19.5. The molecule has 0 saturated carbocycles. The van der Waals surface area contributed by atoms with Gasteiger partial charge in [-0.05, 0) is 55.7 Å². The summed E-state index contributed by atoms with van der Waals surface area (Å²) in [5.74, 6) is 2.94. The number of methoxy groups -OCH3 is 2. The third-order valence-corrected chi connectivity index (χ3v) is 4.31. The van der Waals surface area contributed by atoms with Crippen molar-refractivity contribution in [1.29, 1.82) is 0 Å². The summed E-state index contributed by atoms with van der Waals surface area (Å²) in [5.41, 5.74) is 4.07. The van der Waals surface area contributed by atoms with Crippen molar-refractivity contribution in [3.8, 4) is 11.5 Å². The first-order valence-corrected chi connectivity index (χ1v) is 9.21. The van der Waals surface area contributed by atoms with Crippen LogP contribution in [0.15, 0.2) is 48.5 Å². The third-order valence-electron chi connectivity index (χ3n) is 4.31. The summed E-state index contributed by atoms with van der Waals surface area (Å²) in [6, 6.07) is 16.0. The fourth-order valence-corrected chi connectivity index (χ4v) is 2.92. The van der Waals surface area contributed by atoms with E-state index >= 15 is 0 Å². The number of nitrogens with zero attached hydrogens (tertiary/aromatic N) is 2. The number of hydrogen-bond donors (Lipinski definition) is 2. The topological polar surface area (TPSA) is 68.3 Å². The highest BCUT2D eigenvalue weighted by Crippen LogP contribution is 2.27. The van der Waals surface area contributed by atoms with E-state index in [1.54, 1.807) is 14.2 Å². The molecule has 0 aliphatic carbocycles. The molecule has 0 unspecified atom stereocenters. The van der Waals surface area contributed by atoms with Crippen LogP contribution in [0.25, 0.3) is 0 Å². The van der Waals surface area contributed by atoms with Gasteiger partial charge in [-0.1, -0.05) is 18.2 Å². The Labute approximate surface area is 166 Å². The van der Waals surface area contributed by atoms with Crippen molar-refractivity contribution in [2.75, 3.05) is 31.4 Å². The maximum absolute atomic E-state index is 5.42. The van der Waals surface area contributed by atoms with Crippen molar-refractivity contribution in [1.82, 2.24) is 9.97 Å². The molecule has 3 aromatic rings. The van der Waals surface area contributed by atoms with Crippen LogP contribution in [-0.2, 0) is 6.42 Å². The highest BCUT2D eigenvalue weighted by molar-refractivity contribution is 5.64. The molecule has 0 spiro atoms. The molecule has 0 aliphatic rings. The van der Waals surface area contributed by atoms with E-state index in [0.717, 1.165) is 47.2 Å². The van der Waals surface area contributed by atoms with Gasteiger partial charge in [0.25, 0.3) is 0 Å². The SMILES string of the molecule is COc1cccc(CCNc2cc(C)nc(Nc3cc(C)ccc3OC)n2)c1. The Kier molecular flexibility index (Phi) is 6.32. The van der Waals surface area contributed by atoms with Gasteiger partial charge in [-0.15, -0.1) is 0 Å². The third kappa shape index (κ3) is 5.13. The van der Waals surface area contributed by atoms with Gasteiger partial charge in [-0.25, -0.2) is 4.98 Å². The second kappa shape index (κ2) is 9.08. The summed E-state index contributed by atoms with van der Waals surface area (Å²) in [7, 11) is 3.33. The van der Waals surface area contributed by atoms with Gasteiger partial charge >= 0.3 is 0 Å². The van der Waals surface area contributed by atoms with Crippen molar-refractivity contribution in [3.05, 3.63) is 65.4 Å². The van der Waals surface area contributed by atoms with E-state index in [4.69, 9.17) is 9.47 Å². The van der Waals surface area contributed by atoms with Gasteiger partial charge in [0.05, 0.1) is 19.9 Å². The minimum atomic E-state index is 0.535. The van der Waals surface area contributed by atoms with Gasteiger partial charge in [0.15, 0.2) is 0 Å². The lowest BCUT2D eigenvalue weighted by Gasteiger charge is -2.13. The molecular formula is C22H26N4O2. The van der Waals surface area contributed by atoms with Crippen molar-refractivity contribution in [3.63, 3.8) is 0 Å². The lowest BCUT2D eigenvalue weighted by molar-refractivity contribution is 0.414. The molecule has 3 rings (SSSR count). The molecule has 2 N–H and O–H groups in total. The predicted molar refractivity (Wildman–Crippen MR) is 113 cm³/mol. The monoisotopic (exact) mass is 378 g/mol. The molecule has 146 valence electrons. The average molecular weight is 378 g/mol. The molecule has 0 fully saturated rings. The van der Waals surface area contributed by atoms with Gasteiger partial charge in [0, 0.05) is 18.3 Å². The van der Waals surface area contributed by atoms with Crippen molar-refractivity contribution >= 4 is 17.5 Å². The molecule has 0 saturated heterocycles. The second-order valence-electron chi connectivity index (χ2n) is 6.58. The molecule has 6 heteroatoms. The minimum Gasteiger partial charge on any atom is -0.497 e. The Balaban J connectivity index is 1.68. The maximum atomic E-state index is 5.42. The number of aryl methyl sites for hydroxylation is 2. The van der Waals surface area contributed by atoms with Crippen LogP contribution in [0.3, 0.4) is 0 Å². The number of rotatable bonds is 8. The summed E-state index contributed by atoms with van der Waals surface area (Å²) in [4.78, 5) is 9.07. The molecule has 0 amide bonds. The highest BCUT2D eigenvalue weighted by Gasteiger charge is 2.07. The number of ether oxygens (including phenoxy) is 2. The van der Waals surface area contributed by atoms with Gasteiger partial charge in [0.1, 0.15) is 17.3 Å². The zero-order chi connectivity index (χ0) is 19.9. The van der Waals surface area contributed by atoms with Crippen LogP contribution in [-0.4, -0.2) is 30.7 Å². The van der Waals surface area contributed by atoms with Gasteiger partial charge in [-0.3, -0.25) is 0 Å². The molecule has 0 aliphatic heterocycles. The van der Waals surface area contributed by atoms with Crippen LogP contribution >= 0.6 is 0 Å². The van der Waals surface area contributed by atoms with Gasteiger partial charge < -0.3 is 20.1 Å². The Hall–Kier alpha value is -3.28. The zero-order valence-corrected chi connectivity index (χ0v) is 16.7. The summed E-state index contributed by atoms with van der Waals surface area (Å²) in [6.45, 7) is 4.75. The molecule has 1 heterocycles. The lowest BCUT2D eigenvalue weighted by Crippen LogP contribution is -2.09. The maximum Gasteiger partial charge on any atom is 0.229 e. The molecule has 6 nitrogen and oxygen atoms in total. The van der Waals surface area contributed by atoms with Crippen LogP contribution in [0.2, 0.25) is 0 Å².